The van der Waals surface area contributed by atoms with Crippen molar-refractivity contribution >= 4 is 29.9 Å². The van der Waals surface area contributed by atoms with E-state index in [0.29, 0.717) is 0 Å². The topological polar surface area (TPSA) is 27.6 Å². The van der Waals surface area contributed by atoms with E-state index in [4.69, 9.17) is 0 Å². The van der Waals surface area contributed by atoms with E-state index in [1.807, 2.05) is 0 Å². The van der Waals surface area contributed by atoms with E-state index in [1.54, 1.807) is 0 Å². The summed E-state index contributed by atoms with van der Waals surface area (Å²) in [6.45, 7) is 3.21. The fourth-order valence-electron chi connectivity index (χ4n) is 3.57. The van der Waals surface area contributed by atoms with Crippen LogP contribution in [0.15, 0.2) is 4.99 Å². The van der Waals surface area contributed by atoms with Crippen LogP contribution < -0.4 is 5.32 Å². The number of hydrogen-bond donors (Lipinski definition) is 1. The SMILES string of the molecule is CN1CCN=C1NCC1CC2CCC1C2.I. The van der Waals surface area contributed by atoms with Gasteiger partial charge in [0.1, 0.15) is 0 Å². The molecule has 3 rings (SSSR count). The van der Waals surface area contributed by atoms with Gasteiger partial charge in [-0.3, -0.25) is 4.99 Å². The van der Waals surface area contributed by atoms with Crippen LogP contribution >= 0.6 is 24.0 Å². The molecule has 92 valence electrons. The Morgan fingerprint density at radius 3 is 2.81 bits per heavy atom. The van der Waals surface area contributed by atoms with Crippen molar-refractivity contribution in [2.24, 2.45) is 22.7 Å². The number of halogens is 1. The molecule has 0 aromatic carbocycles. The van der Waals surface area contributed by atoms with E-state index in [2.05, 4.69) is 22.3 Å². The summed E-state index contributed by atoms with van der Waals surface area (Å²) in [5, 5.41) is 3.53. The van der Waals surface area contributed by atoms with Crippen molar-refractivity contribution in [3.63, 3.8) is 0 Å². The number of guanidine groups is 1. The zero-order valence-corrected chi connectivity index (χ0v) is 12.3. The van der Waals surface area contributed by atoms with Crippen molar-refractivity contribution in [2.75, 3.05) is 26.7 Å². The average molecular weight is 335 g/mol. The van der Waals surface area contributed by atoms with Gasteiger partial charge in [-0.25, -0.2) is 0 Å². The largest absolute Gasteiger partial charge is 0.356 e. The first-order valence-electron chi connectivity index (χ1n) is 6.32. The number of rotatable bonds is 2. The summed E-state index contributed by atoms with van der Waals surface area (Å²) in [4.78, 5) is 6.70. The molecule has 3 nitrogen and oxygen atoms in total. The maximum absolute atomic E-state index is 4.47. The minimum Gasteiger partial charge on any atom is -0.356 e. The minimum atomic E-state index is 0. The number of fused-ring (bicyclic) bond motifs is 2. The van der Waals surface area contributed by atoms with Crippen LogP contribution in [0.3, 0.4) is 0 Å². The molecule has 2 fully saturated rings. The van der Waals surface area contributed by atoms with Gasteiger partial charge in [0.2, 0.25) is 0 Å². The lowest BCUT2D eigenvalue weighted by atomic mass is 9.89. The van der Waals surface area contributed by atoms with Gasteiger partial charge in [0, 0.05) is 20.1 Å². The molecule has 1 aliphatic heterocycles. The molecule has 3 aliphatic rings. The summed E-state index contributed by atoms with van der Waals surface area (Å²) in [5.41, 5.74) is 0. The molecule has 1 N–H and O–H groups in total. The standard InChI is InChI=1S/C12H21N3.HI/c1-15-5-4-13-12(15)14-8-11-7-9-2-3-10(11)6-9;/h9-11H,2-8H2,1H3,(H,13,14);1H. The highest BCUT2D eigenvalue weighted by molar-refractivity contribution is 14.0. The van der Waals surface area contributed by atoms with Crippen LogP contribution in [0.5, 0.6) is 0 Å². The Kier molecular flexibility index (Phi) is 3.97. The van der Waals surface area contributed by atoms with Gasteiger partial charge >= 0.3 is 0 Å². The van der Waals surface area contributed by atoms with Crippen molar-refractivity contribution in [1.29, 1.82) is 0 Å². The Labute approximate surface area is 115 Å². The Balaban J connectivity index is 0.000000963. The molecule has 0 amide bonds. The van der Waals surface area contributed by atoms with Gasteiger partial charge in [-0.15, -0.1) is 24.0 Å². The molecule has 0 saturated heterocycles. The van der Waals surface area contributed by atoms with Gasteiger partial charge in [-0.2, -0.15) is 0 Å². The monoisotopic (exact) mass is 335 g/mol. The highest BCUT2D eigenvalue weighted by atomic mass is 127. The zero-order valence-electron chi connectivity index (χ0n) is 9.98. The smallest absolute Gasteiger partial charge is 0.193 e. The normalized spacial score (nSPS) is 36.2. The molecule has 0 radical (unpaired) electrons. The zero-order chi connectivity index (χ0) is 10.3. The Bertz CT molecular complexity index is 279. The molecule has 4 heteroatoms. The number of nitrogens with one attached hydrogen (secondary N) is 1. The van der Waals surface area contributed by atoms with E-state index in [0.717, 1.165) is 43.3 Å². The molecule has 0 aromatic heterocycles. The molecule has 2 aliphatic carbocycles. The number of nitrogens with zero attached hydrogens (tertiary/aromatic N) is 2. The molecule has 2 saturated carbocycles. The summed E-state index contributed by atoms with van der Waals surface area (Å²) in [7, 11) is 2.12. The van der Waals surface area contributed by atoms with Crippen molar-refractivity contribution < 1.29 is 0 Å². The first-order valence-corrected chi connectivity index (χ1v) is 6.32. The maximum atomic E-state index is 4.47. The minimum absolute atomic E-state index is 0. The van der Waals surface area contributed by atoms with E-state index in [1.165, 1.54) is 25.7 Å². The summed E-state index contributed by atoms with van der Waals surface area (Å²) < 4.78 is 0. The first kappa shape index (κ1) is 12.5. The third-order valence-electron chi connectivity index (χ3n) is 4.47. The van der Waals surface area contributed by atoms with Crippen LogP contribution in [0.1, 0.15) is 25.7 Å². The van der Waals surface area contributed by atoms with Gasteiger partial charge in [0.15, 0.2) is 5.96 Å². The summed E-state index contributed by atoms with van der Waals surface area (Å²) >= 11 is 0. The molecular formula is C12H22IN3. The Hall–Kier alpha value is 0. The molecule has 3 atom stereocenters. The molecule has 2 bridgehead atoms. The lowest BCUT2D eigenvalue weighted by Gasteiger charge is -2.24. The van der Waals surface area contributed by atoms with Crippen LogP contribution in [0, 0.1) is 17.8 Å². The number of hydrogen-bond acceptors (Lipinski definition) is 3. The highest BCUT2D eigenvalue weighted by Gasteiger charge is 2.39. The third kappa shape index (κ3) is 2.31. The average Bonchev–Trinajstić information content (AvgIpc) is 2.90. The third-order valence-corrected chi connectivity index (χ3v) is 4.47. The van der Waals surface area contributed by atoms with Crippen LogP contribution in [0.4, 0.5) is 0 Å². The van der Waals surface area contributed by atoms with Gasteiger partial charge in [0.25, 0.3) is 0 Å². The van der Waals surface area contributed by atoms with E-state index in [9.17, 15) is 0 Å². The van der Waals surface area contributed by atoms with Crippen molar-refractivity contribution in [2.45, 2.75) is 25.7 Å². The predicted octanol–water partition coefficient (Wildman–Crippen LogP) is 1.93. The van der Waals surface area contributed by atoms with Crippen LogP contribution in [-0.2, 0) is 0 Å². The van der Waals surface area contributed by atoms with Crippen LogP contribution in [0.25, 0.3) is 0 Å². The Morgan fingerprint density at radius 1 is 1.38 bits per heavy atom. The summed E-state index contributed by atoms with van der Waals surface area (Å²) in [6, 6.07) is 0. The van der Waals surface area contributed by atoms with Crippen molar-refractivity contribution in [3.8, 4) is 0 Å². The molecule has 0 aromatic rings. The Morgan fingerprint density at radius 2 is 2.25 bits per heavy atom. The predicted molar refractivity (Wildman–Crippen MR) is 77.3 cm³/mol. The second-order valence-electron chi connectivity index (χ2n) is 5.44. The molecule has 1 heterocycles. The second kappa shape index (κ2) is 5.10. The summed E-state index contributed by atoms with van der Waals surface area (Å²) in [5.74, 6) is 4.14. The van der Waals surface area contributed by atoms with E-state index >= 15 is 0 Å². The van der Waals surface area contributed by atoms with E-state index < -0.39 is 0 Å². The van der Waals surface area contributed by atoms with Crippen molar-refractivity contribution in [1.82, 2.24) is 10.2 Å². The van der Waals surface area contributed by atoms with Crippen LogP contribution in [0.2, 0.25) is 0 Å². The van der Waals surface area contributed by atoms with Crippen LogP contribution in [-0.4, -0.2) is 37.5 Å². The van der Waals surface area contributed by atoms with Gasteiger partial charge in [0.05, 0.1) is 6.54 Å². The van der Waals surface area contributed by atoms with Gasteiger partial charge in [-0.1, -0.05) is 6.42 Å². The molecule has 3 unspecified atom stereocenters. The van der Waals surface area contributed by atoms with E-state index in [-0.39, 0.29) is 24.0 Å². The maximum Gasteiger partial charge on any atom is 0.193 e. The number of likely N-dealkylation sites (N-methyl/N-ethyl adjacent to an activating group) is 1. The highest BCUT2D eigenvalue weighted by Crippen LogP contribution is 2.47. The van der Waals surface area contributed by atoms with Gasteiger partial charge in [-0.05, 0) is 37.0 Å². The lowest BCUT2D eigenvalue weighted by Crippen LogP contribution is -2.39. The fraction of sp³-hybridized carbons (Fsp3) is 0.917. The summed E-state index contributed by atoms with van der Waals surface area (Å²) in [6.07, 6.45) is 5.96. The molecule has 16 heavy (non-hydrogen) atoms. The lowest BCUT2D eigenvalue weighted by molar-refractivity contribution is 0.329. The fourth-order valence-corrected chi connectivity index (χ4v) is 3.57. The molecular weight excluding hydrogens is 313 g/mol. The van der Waals surface area contributed by atoms with Gasteiger partial charge < -0.3 is 10.2 Å². The first-order chi connectivity index (χ1) is 7.33. The second-order valence-corrected chi connectivity index (χ2v) is 5.44. The van der Waals surface area contributed by atoms with Crippen molar-refractivity contribution in [3.05, 3.63) is 0 Å². The number of aliphatic imine (C=N–C) groups is 1. The quantitative estimate of drug-likeness (QED) is 0.781. The molecule has 0 spiro atoms.